The highest BCUT2D eigenvalue weighted by atomic mass is 19.1. The van der Waals surface area contributed by atoms with Crippen LogP contribution in [0, 0.1) is 17.6 Å². The fourth-order valence-electron chi connectivity index (χ4n) is 5.83. The van der Waals surface area contributed by atoms with Crippen molar-refractivity contribution in [2.24, 2.45) is 11.0 Å². The number of carbonyl (C=O) groups is 2. The van der Waals surface area contributed by atoms with Crippen molar-refractivity contribution in [3.05, 3.63) is 137 Å². The third-order valence-electron chi connectivity index (χ3n) is 7.95. The van der Waals surface area contributed by atoms with E-state index in [0.29, 0.717) is 0 Å². The van der Waals surface area contributed by atoms with Gasteiger partial charge in [-0.15, -0.1) is 0 Å². The van der Waals surface area contributed by atoms with E-state index in [1.165, 1.54) is 29.3 Å². The summed E-state index contributed by atoms with van der Waals surface area (Å²) in [6.45, 7) is -0.459. The minimum absolute atomic E-state index is 0.0332. The van der Waals surface area contributed by atoms with E-state index in [4.69, 9.17) is 9.84 Å². The molecule has 0 bridgehead atoms. The van der Waals surface area contributed by atoms with Gasteiger partial charge in [-0.2, -0.15) is 5.10 Å². The maximum atomic E-state index is 13.8. The van der Waals surface area contributed by atoms with Crippen LogP contribution in [-0.2, 0) is 20.7 Å². The van der Waals surface area contributed by atoms with Crippen LogP contribution in [0.2, 0.25) is 0 Å². The number of rotatable bonds is 7. The zero-order chi connectivity index (χ0) is 29.8. The highest BCUT2D eigenvalue weighted by Crippen LogP contribution is 2.44. The first kappa shape index (κ1) is 28.2. The molecule has 43 heavy (non-hydrogen) atoms. The van der Waals surface area contributed by atoms with Gasteiger partial charge in [0.2, 0.25) is 0 Å². The minimum Gasteiger partial charge on any atom is -0.455 e. The first-order valence-electron chi connectivity index (χ1n) is 14.4. The van der Waals surface area contributed by atoms with E-state index in [2.05, 4.69) is 0 Å². The Morgan fingerprint density at radius 3 is 2.19 bits per heavy atom. The molecule has 7 heteroatoms. The fraction of sp³-hybridized carbons (Fsp3) is 0.194. The summed E-state index contributed by atoms with van der Waals surface area (Å²) in [6, 6.07) is 29.5. The largest absolute Gasteiger partial charge is 0.455 e. The Bertz CT molecular complexity index is 1660. The second-order valence-electron chi connectivity index (χ2n) is 10.8. The average molecular weight is 577 g/mol. The van der Waals surface area contributed by atoms with Crippen molar-refractivity contribution in [1.82, 2.24) is 5.01 Å². The number of esters is 1. The van der Waals surface area contributed by atoms with Crippen LogP contribution in [0.4, 0.5) is 8.78 Å². The molecule has 1 heterocycles. The van der Waals surface area contributed by atoms with Gasteiger partial charge in [-0.05, 0) is 83.0 Å². The van der Waals surface area contributed by atoms with E-state index < -0.39 is 24.5 Å². The van der Waals surface area contributed by atoms with Crippen molar-refractivity contribution in [2.45, 2.75) is 31.7 Å². The van der Waals surface area contributed by atoms with Crippen LogP contribution < -0.4 is 0 Å². The fourth-order valence-corrected chi connectivity index (χ4v) is 5.83. The Labute approximate surface area is 249 Å². The molecular weight excluding hydrogens is 546 g/mol. The van der Waals surface area contributed by atoms with E-state index in [0.717, 1.165) is 58.4 Å². The molecule has 5 nitrogen and oxygen atoms in total. The number of benzene rings is 4. The highest BCUT2D eigenvalue weighted by Gasteiger charge is 2.43. The average Bonchev–Trinajstić information content (AvgIpc) is 3.43. The molecule has 2 atom stereocenters. The predicted octanol–water partition coefficient (Wildman–Crippen LogP) is 7.54. The molecular formula is C36H30F2N2O3. The quantitative estimate of drug-likeness (QED) is 0.214. The van der Waals surface area contributed by atoms with Gasteiger partial charge >= 0.3 is 5.97 Å². The summed E-state index contributed by atoms with van der Waals surface area (Å²) in [5.41, 5.74) is 6.26. The zero-order valence-electron chi connectivity index (χ0n) is 23.5. The molecule has 1 aliphatic heterocycles. The summed E-state index contributed by atoms with van der Waals surface area (Å²) >= 11 is 0. The predicted molar refractivity (Wildman–Crippen MR) is 162 cm³/mol. The van der Waals surface area contributed by atoms with Crippen LogP contribution in [0.1, 0.15) is 42.0 Å². The smallest absolute Gasteiger partial charge is 0.310 e. The summed E-state index contributed by atoms with van der Waals surface area (Å²) in [6.07, 6.45) is 4.45. The molecule has 4 aromatic rings. The van der Waals surface area contributed by atoms with Crippen LogP contribution in [-0.4, -0.2) is 29.2 Å². The second kappa shape index (κ2) is 12.5. The molecule has 216 valence electrons. The van der Waals surface area contributed by atoms with Crippen molar-refractivity contribution in [3.8, 4) is 11.1 Å². The number of hydrazone groups is 1. The number of nitrogens with zero attached hydrogens (tertiary/aromatic N) is 2. The number of hydrogen-bond acceptors (Lipinski definition) is 4. The van der Waals surface area contributed by atoms with Gasteiger partial charge in [-0.25, -0.2) is 13.8 Å². The summed E-state index contributed by atoms with van der Waals surface area (Å²) in [5, 5.41) is 6.15. The van der Waals surface area contributed by atoms with Crippen molar-refractivity contribution in [2.75, 3.05) is 6.61 Å². The monoisotopic (exact) mass is 576 g/mol. The molecule has 1 fully saturated rings. The van der Waals surface area contributed by atoms with Gasteiger partial charge in [0.1, 0.15) is 11.6 Å². The molecule has 2 aliphatic rings. The van der Waals surface area contributed by atoms with Crippen LogP contribution in [0.5, 0.6) is 0 Å². The lowest BCUT2D eigenvalue weighted by molar-refractivity contribution is -0.152. The van der Waals surface area contributed by atoms with Gasteiger partial charge < -0.3 is 4.74 Å². The summed E-state index contributed by atoms with van der Waals surface area (Å²) < 4.78 is 32.7. The number of ether oxygens (including phenoxy) is 1. The SMILES string of the molecule is O=C(Cc1ccc(-c2ccccc2)cc1)OCC(=O)N1N=C2/C(=C\c3ccc(F)cc3)CCC[C@H]2[C@H]1c1ccc(F)cc1. The number of fused-ring (bicyclic) bond motifs is 1. The zero-order valence-corrected chi connectivity index (χ0v) is 23.5. The van der Waals surface area contributed by atoms with Gasteiger partial charge in [-0.1, -0.05) is 78.9 Å². The van der Waals surface area contributed by atoms with Gasteiger partial charge in [0.15, 0.2) is 6.61 Å². The number of amides is 1. The molecule has 1 amide bonds. The molecule has 0 unspecified atom stereocenters. The number of hydrogen-bond donors (Lipinski definition) is 0. The molecule has 0 radical (unpaired) electrons. The molecule has 6 rings (SSSR count). The van der Waals surface area contributed by atoms with Crippen LogP contribution in [0.3, 0.4) is 0 Å². The Balaban J connectivity index is 1.18. The minimum atomic E-state index is -0.514. The maximum absolute atomic E-state index is 13.8. The highest BCUT2D eigenvalue weighted by molar-refractivity contribution is 6.08. The number of halogens is 2. The first-order chi connectivity index (χ1) is 20.9. The lowest BCUT2D eigenvalue weighted by atomic mass is 9.77. The second-order valence-corrected chi connectivity index (χ2v) is 10.8. The Kier molecular flexibility index (Phi) is 8.22. The lowest BCUT2D eigenvalue weighted by Crippen LogP contribution is -2.34. The molecule has 4 aromatic carbocycles. The van der Waals surface area contributed by atoms with Crippen LogP contribution in [0.25, 0.3) is 17.2 Å². The molecule has 0 saturated heterocycles. The molecule has 0 aromatic heterocycles. The van der Waals surface area contributed by atoms with Gasteiger partial charge in [0.05, 0.1) is 18.2 Å². The number of allylic oxidation sites excluding steroid dienone is 1. The maximum Gasteiger partial charge on any atom is 0.310 e. The van der Waals surface area contributed by atoms with Crippen LogP contribution >= 0.6 is 0 Å². The van der Waals surface area contributed by atoms with E-state index in [-0.39, 0.29) is 24.0 Å². The van der Waals surface area contributed by atoms with Crippen LogP contribution in [0.15, 0.2) is 114 Å². The Morgan fingerprint density at radius 2 is 1.49 bits per heavy atom. The Hall–Kier alpha value is -4.91. The van der Waals surface area contributed by atoms with Crippen molar-refractivity contribution < 1.29 is 23.1 Å². The normalized spacial score (nSPS) is 18.7. The van der Waals surface area contributed by atoms with E-state index in [1.807, 2.05) is 60.7 Å². The molecule has 1 aliphatic carbocycles. The van der Waals surface area contributed by atoms with Crippen molar-refractivity contribution in [1.29, 1.82) is 0 Å². The van der Waals surface area contributed by atoms with Gasteiger partial charge in [-0.3, -0.25) is 9.59 Å². The topological polar surface area (TPSA) is 59.0 Å². The van der Waals surface area contributed by atoms with E-state index >= 15 is 0 Å². The lowest BCUT2D eigenvalue weighted by Gasteiger charge is -2.29. The van der Waals surface area contributed by atoms with Crippen molar-refractivity contribution in [3.63, 3.8) is 0 Å². The molecule has 1 saturated carbocycles. The van der Waals surface area contributed by atoms with E-state index in [1.54, 1.807) is 24.3 Å². The van der Waals surface area contributed by atoms with Gasteiger partial charge in [0.25, 0.3) is 5.91 Å². The summed E-state index contributed by atoms with van der Waals surface area (Å²) in [5.74, 6) is -1.75. The van der Waals surface area contributed by atoms with Gasteiger partial charge in [0, 0.05) is 5.92 Å². The molecule has 0 spiro atoms. The summed E-state index contributed by atoms with van der Waals surface area (Å²) in [7, 11) is 0. The molecule has 0 N–H and O–H groups in total. The standard InChI is InChI=1S/C36H30F2N2O3/c37-30-17-11-24(12-18-30)21-29-7-4-8-32-35(29)39-40(36(32)28-15-19-31(38)20-16-28)33(41)23-43-34(42)22-25-9-13-27(14-10-25)26-5-2-1-3-6-26/h1-3,5-6,9-21,32,36H,4,7-8,22-23H2/b29-21-/t32-,36-/m1/s1. The summed E-state index contributed by atoms with van der Waals surface area (Å²) in [4.78, 5) is 26.2. The first-order valence-corrected chi connectivity index (χ1v) is 14.4. The third kappa shape index (κ3) is 6.46. The van der Waals surface area contributed by atoms with Crippen molar-refractivity contribution >= 4 is 23.7 Å². The number of carbonyl (C=O) groups excluding carboxylic acids is 2. The third-order valence-corrected chi connectivity index (χ3v) is 7.95. The van der Waals surface area contributed by atoms with E-state index in [9.17, 15) is 18.4 Å². The Morgan fingerprint density at radius 1 is 0.837 bits per heavy atom.